The molecule has 0 aromatic carbocycles. The first-order valence-corrected chi connectivity index (χ1v) is 8.06. The molecular formula is C16H25N5. The zero-order valence-corrected chi connectivity index (χ0v) is 13.0. The van der Waals surface area contributed by atoms with Crippen molar-refractivity contribution < 1.29 is 0 Å². The van der Waals surface area contributed by atoms with Gasteiger partial charge in [0, 0.05) is 31.5 Å². The van der Waals surface area contributed by atoms with Crippen molar-refractivity contribution in [1.29, 1.82) is 0 Å². The van der Waals surface area contributed by atoms with Crippen molar-refractivity contribution in [3.05, 3.63) is 24.7 Å². The van der Waals surface area contributed by atoms with Gasteiger partial charge in [-0.05, 0) is 44.7 Å². The molecule has 21 heavy (non-hydrogen) atoms. The van der Waals surface area contributed by atoms with Crippen LogP contribution in [0.15, 0.2) is 24.7 Å². The number of hydrogen-bond donors (Lipinski definition) is 1. The molecular weight excluding hydrogens is 262 g/mol. The van der Waals surface area contributed by atoms with Crippen LogP contribution in [0.4, 0.5) is 5.82 Å². The Morgan fingerprint density at radius 1 is 1.43 bits per heavy atom. The molecule has 3 heterocycles. The second kappa shape index (κ2) is 6.43. The summed E-state index contributed by atoms with van der Waals surface area (Å²) < 4.78 is 1.91. The third kappa shape index (κ3) is 3.02. The molecule has 5 nitrogen and oxygen atoms in total. The van der Waals surface area contributed by atoms with Crippen molar-refractivity contribution in [3.8, 4) is 0 Å². The number of nitrogens with zero attached hydrogens (tertiary/aromatic N) is 4. The molecule has 0 spiro atoms. The van der Waals surface area contributed by atoms with E-state index in [1.54, 1.807) is 0 Å². The molecule has 2 aromatic heterocycles. The standard InChI is InChI=1S/C16H25N5/c1-3-7-17-13(2)14-5-4-10-20(12-14)16-15-6-8-19-21(15)11-9-18-16/h6,8-9,11,13-14,17H,3-5,7,10,12H2,1-2H3. The van der Waals surface area contributed by atoms with E-state index >= 15 is 0 Å². The van der Waals surface area contributed by atoms with Gasteiger partial charge in [0.15, 0.2) is 5.82 Å². The van der Waals surface area contributed by atoms with E-state index in [0.29, 0.717) is 12.0 Å². The van der Waals surface area contributed by atoms with Crippen molar-refractivity contribution in [2.75, 3.05) is 24.5 Å². The van der Waals surface area contributed by atoms with E-state index in [9.17, 15) is 0 Å². The van der Waals surface area contributed by atoms with Crippen LogP contribution in [0.25, 0.3) is 5.52 Å². The molecule has 2 unspecified atom stereocenters. The number of fused-ring (bicyclic) bond motifs is 1. The van der Waals surface area contributed by atoms with E-state index in [-0.39, 0.29) is 0 Å². The minimum atomic E-state index is 0.567. The largest absolute Gasteiger partial charge is 0.354 e. The molecule has 1 saturated heterocycles. The summed E-state index contributed by atoms with van der Waals surface area (Å²) in [7, 11) is 0. The van der Waals surface area contributed by atoms with Crippen LogP contribution in [0.2, 0.25) is 0 Å². The van der Waals surface area contributed by atoms with E-state index in [2.05, 4.69) is 34.1 Å². The van der Waals surface area contributed by atoms with Crippen LogP contribution in [0.1, 0.15) is 33.1 Å². The minimum Gasteiger partial charge on any atom is -0.354 e. The van der Waals surface area contributed by atoms with Crippen molar-refractivity contribution in [2.24, 2.45) is 5.92 Å². The van der Waals surface area contributed by atoms with E-state index in [0.717, 1.165) is 31.0 Å². The first kappa shape index (κ1) is 14.3. The van der Waals surface area contributed by atoms with Gasteiger partial charge in [-0.2, -0.15) is 5.10 Å². The van der Waals surface area contributed by atoms with Crippen LogP contribution < -0.4 is 10.2 Å². The molecule has 0 bridgehead atoms. The fourth-order valence-corrected chi connectivity index (χ4v) is 3.24. The molecule has 1 fully saturated rings. The number of hydrogen-bond acceptors (Lipinski definition) is 4. The second-order valence-electron chi connectivity index (χ2n) is 6.00. The zero-order chi connectivity index (χ0) is 14.7. The van der Waals surface area contributed by atoms with E-state index in [1.165, 1.54) is 19.3 Å². The summed E-state index contributed by atoms with van der Waals surface area (Å²) in [5.74, 6) is 1.76. The maximum Gasteiger partial charge on any atom is 0.154 e. The van der Waals surface area contributed by atoms with Crippen LogP contribution >= 0.6 is 0 Å². The first-order chi connectivity index (χ1) is 10.3. The molecule has 0 amide bonds. The van der Waals surface area contributed by atoms with Gasteiger partial charge in [-0.25, -0.2) is 9.50 Å². The summed E-state index contributed by atoms with van der Waals surface area (Å²) in [5.41, 5.74) is 1.10. The Hall–Kier alpha value is -1.62. The Balaban J connectivity index is 1.75. The van der Waals surface area contributed by atoms with Gasteiger partial charge in [-0.1, -0.05) is 6.92 Å². The molecule has 114 valence electrons. The van der Waals surface area contributed by atoms with E-state index < -0.39 is 0 Å². The van der Waals surface area contributed by atoms with Gasteiger partial charge in [0.1, 0.15) is 5.52 Å². The van der Waals surface area contributed by atoms with E-state index in [1.807, 2.05) is 29.2 Å². The number of nitrogens with one attached hydrogen (secondary N) is 1. The third-order valence-corrected chi connectivity index (χ3v) is 4.48. The molecule has 2 aromatic rings. The van der Waals surface area contributed by atoms with Gasteiger partial charge in [0.2, 0.25) is 0 Å². The predicted octanol–water partition coefficient (Wildman–Crippen LogP) is 2.33. The summed E-state index contributed by atoms with van der Waals surface area (Å²) in [5, 5.41) is 7.95. The number of anilines is 1. The maximum atomic E-state index is 4.60. The summed E-state index contributed by atoms with van der Waals surface area (Å²) in [6.45, 7) is 7.81. The third-order valence-electron chi connectivity index (χ3n) is 4.48. The zero-order valence-electron chi connectivity index (χ0n) is 13.0. The number of rotatable bonds is 5. The SMILES string of the molecule is CCCNC(C)C1CCCN(c2nccn3nccc23)C1. The lowest BCUT2D eigenvalue weighted by atomic mass is 9.91. The average Bonchev–Trinajstić information content (AvgIpc) is 3.01. The normalized spacial score (nSPS) is 20.9. The summed E-state index contributed by atoms with van der Waals surface area (Å²) in [6, 6.07) is 2.61. The van der Waals surface area contributed by atoms with Gasteiger partial charge in [0.25, 0.3) is 0 Å². The highest BCUT2D eigenvalue weighted by molar-refractivity contribution is 5.68. The van der Waals surface area contributed by atoms with Crippen molar-refractivity contribution in [2.45, 2.75) is 39.2 Å². The maximum absolute atomic E-state index is 4.60. The molecule has 2 atom stereocenters. The summed E-state index contributed by atoms with van der Waals surface area (Å²) >= 11 is 0. The summed E-state index contributed by atoms with van der Waals surface area (Å²) in [6.07, 6.45) is 9.32. The van der Waals surface area contributed by atoms with Gasteiger partial charge in [-0.3, -0.25) is 0 Å². The fourth-order valence-electron chi connectivity index (χ4n) is 3.24. The summed E-state index contributed by atoms with van der Waals surface area (Å²) in [4.78, 5) is 7.03. The Morgan fingerprint density at radius 3 is 3.19 bits per heavy atom. The highest BCUT2D eigenvalue weighted by Crippen LogP contribution is 2.26. The van der Waals surface area contributed by atoms with Gasteiger partial charge >= 0.3 is 0 Å². The molecule has 1 aliphatic rings. The van der Waals surface area contributed by atoms with Crippen LogP contribution in [0.5, 0.6) is 0 Å². The van der Waals surface area contributed by atoms with Crippen molar-refractivity contribution >= 4 is 11.3 Å². The number of piperidine rings is 1. The molecule has 1 aliphatic heterocycles. The number of aromatic nitrogens is 3. The molecule has 0 saturated carbocycles. The lowest BCUT2D eigenvalue weighted by molar-refractivity contribution is 0.320. The van der Waals surface area contributed by atoms with Gasteiger partial charge in [0.05, 0.1) is 6.20 Å². The van der Waals surface area contributed by atoms with Gasteiger partial charge < -0.3 is 10.2 Å². The predicted molar refractivity (Wildman–Crippen MR) is 85.7 cm³/mol. The quantitative estimate of drug-likeness (QED) is 0.917. The van der Waals surface area contributed by atoms with Crippen LogP contribution in [-0.4, -0.2) is 40.3 Å². The highest BCUT2D eigenvalue weighted by atomic mass is 15.3. The van der Waals surface area contributed by atoms with E-state index in [4.69, 9.17) is 0 Å². The van der Waals surface area contributed by atoms with Crippen molar-refractivity contribution in [3.63, 3.8) is 0 Å². The average molecular weight is 287 g/mol. The topological polar surface area (TPSA) is 45.5 Å². The Morgan fingerprint density at radius 2 is 2.33 bits per heavy atom. The molecule has 0 aliphatic carbocycles. The smallest absolute Gasteiger partial charge is 0.154 e. The lowest BCUT2D eigenvalue weighted by Crippen LogP contribution is -2.45. The molecule has 3 rings (SSSR count). The Kier molecular flexibility index (Phi) is 4.39. The molecule has 5 heteroatoms. The Bertz CT molecular complexity index is 579. The lowest BCUT2D eigenvalue weighted by Gasteiger charge is -2.37. The first-order valence-electron chi connectivity index (χ1n) is 8.06. The van der Waals surface area contributed by atoms with Crippen LogP contribution in [0.3, 0.4) is 0 Å². The molecule has 0 radical (unpaired) electrons. The minimum absolute atomic E-state index is 0.567. The van der Waals surface area contributed by atoms with Crippen LogP contribution in [-0.2, 0) is 0 Å². The van der Waals surface area contributed by atoms with Crippen LogP contribution in [0, 0.1) is 5.92 Å². The monoisotopic (exact) mass is 287 g/mol. The Labute approximate surface area is 126 Å². The fraction of sp³-hybridized carbons (Fsp3) is 0.625. The highest BCUT2D eigenvalue weighted by Gasteiger charge is 2.26. The van der Waals surface area contributed by atoms with Gasteiger partial charge in [-0.15, -0.1) is 0 Å². The second-order valence-corrected chi connectivity index (χ2v) is 6.00. The van der Waals surface area contributed by atoms with Crippen molar-refractivity contribution in [1.82, 2.24) is 19.9 Å². The molecule has 1 N–H and O–H groups in total.